The summed E-state index contributed by atoms with van der Waals surface area (Å²) in [5, 5.41) is 2.63. The van der Waals surface area contributed by atoms with Gasteiger partial charge in [0.25, 0.3) is 11.5 Å². The van der Waals surface area contributed by atoms with Crippen LogP contribution in [0.5, 0.6) is 0 Å². The number of para-hydroxylation sites is 2. The van der Waals surface area contributed by atoms with Crippen LogP contribution in [0.15, 0.2) is 102 Å². The van der Waals surface area contributed by atoms with Crippen molar-refractivity contribution in [3.63, 3.8) is 0 Å². The van der Waals surface area contributed by atoms with Gasteiger partial charge in [0.1, 0.15) is 5.82 Å². The minimum Gasteiger partial charge on any atom is -0.332 e. The summed E-state index contributed by atoms with van der Waals surface area (Å²) in [7, 11) is 1.75. The van der Waals surface area contributed by atoms with Crippen LogP contribution in [0.2, 0.25) is 0 Å². The first-order chi connectivity index (χ1) is 16.0. The highest BCUT2D eigenvalue weighted by atomic mass is 16.2. The molecule has 5 rings (SSSR count). The monoisotopic (exact) mass is 433 g/mol. The maximum atomic E-state index is 13.5. The second-order valence-corrected chi connectivity index (χ2v) is 8.12. The molecule has 0 fully saturated rings. The Kier molecular flexibility index (Phi) is 5.23. The molecule has 0 aliphatic rings. The van der Waals surface area contributed by atoms with Crippen molar-refractivity contribution in [1.29, 1.82) is 0 Å². The molecular formula is C28H23N3O2. The molecule has 1 amide bonds. The van der Waals surface area contributed by atoms with Gasteiger partial charge in [0.2, 0.25) is 0 Å². The molecular weight excluding hydrogens is 410 g/mol. The number of benzene rings is 4. The van der Waals surface area contributed by atoms with E-state index in [0.29, 0.717) is 28.0 Å². The van der Waals surface area contributed by atoms with Gasteiger partial charge in [-0.05, 0) is 54.1 Å². The number of hydrogen-bond acceptors (Lipinski definition) is 3. The molecule has 0 N–H and O–H groups in total. The molecule has 1 aromatic heterocycles. The zero-order valence-corrected chi connectivity index (χ0v) is 18.5. The molecule has 0 saturated heterocycles. The van der Waals surface area contributed by atoms with Crippen molar-refractivity contribution in [2.75, 3.05) is 7.05 Å². The smallest absolute Gasteiger partial charge is 0.266 e. The Morgan fingerprint density at radius 1 is 0.848 bits per heavy atom. The summed E-state index contributed by atoms with van der Waals surface area (Å²) in [6, 6.07) is 29.9. The summed E-state index contributed by atoms with van der Waals surface area (Å²) in [4.78, 5) is 33.4. The predicted molar refractivity (Wildman–Crippen MR) is 132 cm³/mol. The van der Waals surface area contributed by atoms with Crippen LogP contribution < -0.4 is 5.56 Å². The standard InChI is InChI=1S/C28H23N3O2/c1-19(30(2)27(32)22-17-16-20-10-6-7-11-21(20)18-22)26-29-25-15-9-8-14-24(25)28(33)31(26)23-12-4-3-5-13-23/h3-19H,1-2H3. The van der Waals surface area contributed by atoms with Crippen LogP contribution in [0.4, 0.5) is 0 Å². The molecule has 4 aromatic carbocycles. The Morgan fingerprint density at radius 3 is 2.30 bits per heavy atom. The molecule has 1 heterocycles. The normalized spacial score (nSPS) is 12.1. The highest BCUT2D eigenvalue weighted by Crippen LogP contribution is 2.24. The molecule has 1 unspecified atom stereocenters. The molecule has 0 spiro atoms. The van der Waals surface area contributed by atoms with Gasteiger partial charge < -0.3 is 4.90 Å². The van der Waals surface area contributed by atoms with Crippen molar-refractivity contribution >= 4 is 27.6 Å². The predicted octanol–water partition coefficient (Wildman–Crippen LogP) is 5.37. The lowest BCUT2D eigenvalue weighted by atomic mass is 10.1. The molecule has 5 aromatic rings. The Morgan fingerprint density at radius 2 is 1.52 bits per heavy atom. The van der Waals surface area contributed by atoms with Gasteiger partial charge in [-0.2, -0.15) is 0 Å². The van der Waals surface area contributed by atoms with Crippen molar-refractivity contribution < 1.29 is 4.79 Å². The van der Waals surface area contributed by atoms with Crippen LogP contribution in [0.1, 0.15) is 29.1 Å². The van der Waals surface area contributed by atoms with E-state index in [1.54, 1.807) is 22.6 Å². The van der Waals surface area contributed by atoms with E-state index in [1.165, 1.54) is 0 Å². The zero-order valence-electron chi connectivity index (χ0n) is 18.5. The van der Waals surface area contributed by atoms with Gasteiger partial charge in [0, 0.05) is 12.6 Å². The second-order valence-electron chi connectivity index (χ2n) is 8.12. The number of carbonyl (C=O) groups excluding carboxylic acids is 1. The molecule has 162 valence electrons. The molecule has 0 saturated carbocycles. The number of aromatic nitrogens is 2. The van der Waals surface area contributed by atoms with Gasteiger partial charge in [0.05, 0.1) is 22.6 Å². The van der Waals surface area contributed by atoms with E-state index in [-0.39, 0.29) is 11.5 Å². The number of carbonyl (C=O) groups is 1. The molecule has 1 atom stereocenters. The zero-order chi connectivity index (χ0) is 22.9. The van der Waals surface area contributed by atoms with Crippen molar-refractivity contribution in [2.45, 2.75) is 13.0 Å². The Hall–Kier alpha value is -4.25. The maximum Gasteiger partial charge on any atom is 0.266 e. The lowest BCUT2D eigenvalue weighted by Crippen LogP contribution is -2.34. The van der Waals surface area contributed by atoms with Gasteiger partial charge in [-0.15, -0.1) is 0 Å². The summed E-state index contributed by atoms with van der Waals surface area (Å²) in [6.07, 6.45) is 0. The highest BCUT2D eigenvalue weighted by molar-refractivity contribution is 5.98. The maximum absolute atomic E-state index is 13.5. The van der Waals surface area contributed by atoms with Crippen LogP contribution in [0, 0.1) is 0 Å². The summed E-state index contributed by atoms with van der Waals surface area (Å²) in [6.45, 7) is 1.90. The van der Waals surface area contributed by atoms with Crippen LogP contribution in [-0.2, 0) is 0 Å². The van der Waals surface area contributed by atoms with Gasteiger partial charge in [0.15, 0.2) is 0 Å². The highest BCUT2D eigenvalue weighted by Gasteiger charge is 2.25. The number of rotatable bonds is 4. The lowest BCUT2D eigenvalue weighted by Gasteiger charge is -2.27. The molecule has 0 aliphatic heterocycles. The first-order valence-corrected chi connectivity index (χ1v) is 10.9. The Balaban J connectivity index is 1.61. The second kappa shape index (κ2) is 8.36. The summed E-state index contributed by atoms with van der Waals surface area (Å²) in [5.41, 5.74) is 1.77. The fourth-order valence-electron chi connectivity index (χ4n) is 4.13. The fraction of sp³-hybridized carbons (Fsp3) is 0.107. The molecule has 33 heavy (non-hydrogen) atoms. The fourth-order valence-corrected chi connectivity index (χ4v) is 4.13. The van der Waals surface area contributed by atoms with Crippen molar-refractivity contribution in [3.8, 4) is 5.69 Å². The first kappa shape index (κ1) is 20.6. The minimum atomic E-state index is -0.443. The summed E-state index contributed by atoms with van der Waals surface area (Å²) >= 11 is 0. The van der Waals surface area contributed by atoms with Crippen molar-refractivity contribution in [1.82, 2.24) is 14.5 Å². The molecule has 5 heteroatoms. The quantitative estimate of drug-likeness (QED) is 0.383. The van der Waals surface area contributed by atoms with Crippen molar-refractivity contribution in [2.24, 2.45) is 0 Å². The summed E-state index contributed by atoms with van der Waals surface area (Å²) < 4.78 is 1.61. The Bertz CT molecular complexity index is 1540. The van der Waals surface area contributed by atoms with Crippen LogP contribution in [0.25, 0.3) is 27.4 Å². The SMILES string of the molecule is CC(c1nc2ccccc2c(=O)n1-c1ccccc1)N(C)C(=O)c1ccc2ccccc2c1. The van der Waals surface area contributed by atoms with Crippen molar-refractivity contribution in [3.05, 3.63) is 119 Å². The van der Waals surface area contributed by atoms with E-state index in [4.69, 9.17) is 4.98 Å². The molecule has 0 bridgehead atoms. The van der Waals surface area contributed by atoms with E-state index in [9.17, 15) is 9.59 Å². The number of nitrogens with zero attached hydrogens (tertiary/aromatic N) is 3. The van der Waals surface area contributed by atoms with E-state index in [0.717, 1.165) is 10.8 Å². The van der Waals surface area contributed by atoms with E-state index >= 15 is 0 Å². The van der Waals surface area contributed by atoms with Crippen LogP contribution in [-0.4, -0.2) is 27.4 Å². The number of hydrogen-bond donors (Lipinski definition) is 0. The van der Waals surface area contributed by atoms with E-state index in [2.05, 4.69) is 0 Å². The first-order valence-electron chi connectivity index (χ1n) is 10.9. The van der Waals surface area contributed by atoms with E-state index in [1.807, 2.05) is 97.9 Å². The van der Waals surface area contributed by atoms with Crippen LogP contribution >= 0.6 is 0 Å². The molecule has 5 nitrogen and oxygen atoms in total. The largest absolute Gasteiger partial charge is 0.332 e. The van der Waals surface area contributed by atoms with Crippen LogP contribution in [0.3, 0.4) is 0 Å². The average molecular weight is 434 g/mol. The third kappa shape index (κ3) is 3.68. The lowest BCUT2D eigenvalue weighted by molar-refractivity contribution is 0.0735. The topological polar surface area (TPSA) is 55.2 Å². The minimum absolute atomic E-state index is 0.129. The third-order valence-electron chi connectivity index (χ3n) is 6.09. The molecule has 0 aliphatic carbocycles. The van der Waals surface area contributed by atoms with E-state index < -0.39 is 6.04 Å². The number of amides is 1. The van der Waals surface area contributed by atoms with Gasteiger partial charge in [-0.1, -0.05) is 60.7 Å². The average Bonchev–Trinajstić information content (AvgIpc) is 2.87. The summed E-state index contributed by atoms with van der Waals surface area (Å²) in [5.74, 6) is 0.386. The third-order valence-corrected chi connectivity index (χ3v) is 6.09. The molecule has 0 radical (unpaired) electrons. The van der Waals surface area contributed by atoms with Gasteiger partial charge >= 0.3 is 0 Å². The Labute approximate surface area is 191 Å². The van der Waals surface area contributed by atoms with Gasteiger partial charge in [-0.3, -0.25) is 14.2 Å². The van der Waals surface area contributed by atoms with Gasteiger partial charge in [-0.25, -0.2) is 4.98 Å². The number of fused-ring (bicyclic) bond motifs is 2.